The monoisotopic (exact) mass is 370 g/mol. The van der Waals surface area contributed by atoms with Crippen molar-refractivity contribution in [3.05, 3.63) is 63.9 Å². The predicted octanol–water partition coefficient (Wildman–Crippen LogP) is 5.25. The molecule has 0 saturated carbocycles. The van der Waals surface area contributed by atoms with Gasteiger partial charge in [-0.25, -0.2) is 4.39 Å². The van der Waals surface area contributed by atoms with Gasteiger partial charge in [0.1, 0.15) is 11.6 Å². The minimum Gasteiger partial charge on any atom is -0.494 e. The van der Waals surface area contributed by atoms with Crippen molar-refractivity contribution in [3.8, 4) is 5.75 Å². The fourth-order valence-electron chi connectivity index (χ4n) is 2.33. The Bertz CT molecular complexity index is 689. The van der Waals surface area contributed by atoms with Crippen LogP contribution in [0, 0.1) is 5.82 Å². The van der Waals surface area contributed by atoms with Crippen molar-refractivity contribution in [2.24, 2.45) is 0 Å². The Balaban J connectivity index is 1.96. The average molecular weight is 371 g/mol. The van der Waals surface area contributed by atoms with Gasteiger partial charge < -0.3 is 9.47 Å². The molecular formula is C18H17Cl2FO3. The van der Waals surface area contributed by atoms with Crippen LogP contribution in [0.2, 0.25) is 10.0 Å². The summed E-state index contributed by atoms with van der Waals surface area (Å²) in [4.78, 5) is 12.1. The summed E-state index contributed by atoms with van der Waals surface area (Å²) in [5.41, 5.74) is 0.676. The van der Waals surface area contributed by atoms with Crippen molar-refractivity contribution in [2.45, 2.75) is 18.8 Å². The molecule has 0 aliphatic carbocycles. The van der Waals surface area contributed by atoms with Crippen LogP contribution in [0.1, 0.15) is 24.3 Å². The summed E-state index contributed by atoms with van der Waals surface area (Å²) in [6.45, 7) is 0.393. The van der Waals surface area contributed by atoms with E-state index < -0.39 is 5.92 Å². The fraction of sp³-hybridized carbons (Fsp3) is 0.278. The van der Waals surface area contributed by atoms with E-state index in [-0.39, 0.29) is 11.8 Å². The fourth-order valence-corrected chi connectivity index (χ4v) is 2.88. The number of carbonyl (C=O) groups excluding carboxylic acids is 1. The highest BCUT2D eigenvalue weighted by Crippen LogP contribution is 2.31. The molecule has 2 aromatic carbocycles. The Morgan fingerprint density at radius 3 is 2.50 bits per heavy atom. The quantitative estimate of drug-likeness (QED) is 0.493. The number of ether oxygens (including phenoxy) is 2. The predicted molar refractivity (Wildman–Crippen MR) is 92.3 cm³/mol. The third-order valence-corrected chi connectivity index (χ3v) is 4.11. The number of rotatable bonds is 7. The zero-order chi connectivity index (χ0) is 17.5. The maximum atomic E-state index is 12.8. The number of carbonyl (C=O) groups is 1. The SMILES string of the molecule is COC(=O)[C@@H](CCCOc1ccc(F)cc1)c1ccc(Cl)cc1Cl. The second-order valence-corrected chi connectivity index (χ2v) is 6.03. The van der Waals surface area contributed by atoms with E-state index in [1.165, 1.54) is 19.2 Å². The molecule has 0 amide bonds. The van der Waals surface area contributed by atoms with E-state index in [9.17, 15) is 9.18 Å². The van der Waals surface area contributed by atoms with Crippen LogP contribution >= 0.6 is 23.2 Å². The van der Waals surface area contributed by atoms with Gasteiger partial charge in [-0.3, -0.25) is 4.79 Å². The topological polar surface area (TPSA) is 35.5 Å². The zero-order valence-electron chi connectivity index (χ0n) is 13.1. The molecule has 0 radical (unpaired) electrons. The third-order valence-electron chi connectivity index (χ3n) is 3.54. The van der Waals surface area contributed by atoms with Crippen molar-refractivity contribution >= 4 is 29.2 Å². The van der Waals surface area contributed by atoms with Gasteiger partial charge in [-0.15, -0.1) is 0 Å². The number of halogens is 3. The van der Waals surface area contributed by atoms with E-state index in [1.54, 1.807) is 30.3 Å². The van der Waals surface area contributed by atoms with E-state index in [0.717, 1.165) is 0 Å². The lowest BCUT2D eigenvalue weighted by molar-refractivity contribution is -0.142. The van der Waals surface area contributed by atoms with Crippen molar-refractivity contribution in [1.29, 1.82) is 0 Å². The molecule has 0 unspecified atom stereocenters. The van der Waals surface area contributed by atoms with Gasteiger partial charge in [-0.05, 0) is 54.8 Å². The minimum absolute atomic E-state index is 0.314. The second kappa shape index (κ2) is 8.90. The van der Waals surface area contributed by atoms with Crippen LogP contribution in [-0.2, 0) is 9.53 Å². The van der Waals surface area contributed by atoms with Crippen molar-refractivity contribution in [1.82, 2.24) is 0 Å². The lowest BCUT2D eigenvalue weighted by atomic mass is 9.94. The van der Waals surface area contributed by atoms with E-state index >= 15 is 0 Å². The van der Waals surface area contributed by atoms with Gasteiger partial charge in [0.05, 0.1) is 19.6 Å². The normalized spacial score (nSPS) is 11.8. The van der Waals surface area contributed by atoms with Crippen LogP contribution in [0.25, 0.3) is 0 Å². The number of methoxy groups -OCH3 is 1. The summed E-state index contributed by atoms with van der Waals surface area (Å²) in [5.74, 6) is -0.585. The standard InChI is InChI=1S/C18H17Cl2FO3/c1-23-18(22)16(15-9-4-12(19)11-17(15)20)3-2-10-24-14-7-5-13(21)6-8-14/h4-9,11,16H,2-3,10H2,1H3/t16-/m0/s1. The minimum atomic E-state index is -0.489. The van der Waals surface area contributed by atoms with Gasteiger partial charge in [0, 0.05) is 10.0 Å². The summed E-state index contributed by atoms with van der Waals surface area (Å²) >= 11 is 12.1. The molecule has 128 valence electrons. The van der Waals surface area contributed by atoms with Gasteiger partial charge in [-0.1, -0.05) is 29.3 Å². The first-order valence-corrected chi connectivity index (χ1v) is 8.18. The second-order valence-electron chi connectivity index (χ2n) is 5.19. The molecule has 24 heavy (non-hydrogen) atoms. The summed E-state index contributed by atoms with van der Waals surface area (Å²) in [6, 6.07) is 10.8. The van der Waals surface area contributed by atoms with E-state index in [2.05, 4.69) is 0 Å². The molecule has 1 atom stereocenters. The highest BCUT2D eigenvalue weighted by atomic mass is 35.5. The maximum Gasteiger partial charge on any atom is 0.313 e. The molecule has 6 heteroatoms. The molecule has 0 aliphatic rings. The van der Waals surface area contributed by atoms with Crippen LogP contribution < -0.4 is 4.74 Å². The van der Waals surface area contributed by atoms with E-state index in [1.807, 2.05) is 0 Å². The number of esters is 1. The molecule has 0 fully saturated rings. The van der Waals surface area contributed by atoms with Gasteiger partial charge >= 0.3 is 5.97 Å². The molecule has 0 heterocycles. The van der Waals surface area contributed by atoms with Gasteiger partial charge in [0.2, 0.25) is 0 Å². The molecule has 0 aliphatic heterocycles. The van der Waals surface area contributed by atoms with E-state index in [4.69, 9.17) is 32.7 Å². The van der Waals surface area contributed by atoms with Crippen LogP contribution in [-0.4, -0.2) is 19.7 Å². The average Bonchev–Trinajstić information content (AvgIpc) is 2.57. The van der Waals surface area contributed by atoms with Crippen LogP contribution in [0.4, 0.5) is 4.39 Å². The van der Waals surface area contributed by atoms with Crippen LogP contribution in [0.5, 0.6) is 5.75 Å². The van der Waals surface area contributed by atoms with Crippen molar-refractivity contribution < 1.29 is 18.7 Å². The summed E-state index contributed by atoms with van der Waals surface area (Å²) in [6.07, 6.45) is 1.12. The van der Waals surface area contributed by atoms with Crippen molar-refractivity contribution in [3.63, 3.8) is 0 Å². The molecule has 2 aromatic rings. The maximum absolute atomic E-state index is 12.8. The Hall–Kier alpha value is -1.78. The molecular weight excluding hydrogens is 354 g/mol. The first-order valence-electron chi connectivity index (χ1n) is 7.42. The molecule has 0 bridgehead atoms. The lowest BCUT2D eigenvalue weighted by Crippen LogP contribution is -2.16. The molecule has 0 spiro atoms. The summed E-state index contributed by atoms with van der Waals surface area (Å²) < 4.78 is 23.2. The largest absolute Gasteiger partial charge is 0.494 e. The Morgan fingerprint density at radius 2 is 1.88 bits per heavy atom. The summed E-state index contributed by atoms with van der Waals surface area (Å²) in [7, 11) is 1.34. The van der Waals surface area contributed by atoms with Crippen molar-refractivity contribution in [2.75, 3.05) is 13.7 Å². The van der Waals surface area contributed by atoms with Crippen LogP contribution in [0.15, 0.2) is 42.5 Å². The lowest BCUT2D eigenvalue weighted by Gasteiger charge is -2.17. The first-order chi connectivity index (χ1) is 11.5. The Labute approximate surface area is 150 Å². The molecule has 0 N–H and O–H groups in total. The van der Waals surface area contributed by atoms with E-state index in [0.29, 0.717) is 40.8 Å². The summed E-state index contributed by atoms with van der Waals surface area (Å²) in [5, 5.41) is 0.935. The first kappa shape index (κ1) is 18.6. The number of hydrogen-bond acceptors (Lipinski definition) is 3. The molecule has 0 aromatic heterocycles. The number of hydrogen-bond donors (Lipinski definition) is 0. The molecule has 0 saturated heterocycles. The third kappa shape index (κ3) is 5.11. The highest BCUT2D eigenvalue weighted by Gasteiger charge is 2.23. The Morgan fingerprint density at radius 1 is 1.17 bits per heavy atom. The van der Waals surface area contributed by atoms with Crippen LogP contribution in [0.3, 0.4) is 0 Å². The smallest absolute Gasteiger partial charge is 0.313 e. The highest BCUT2D eigenvalue weighted by molar-refractivity contribution is 6.35. The molecule has 2 rings (SSSR count). The van der Waals surface area contributed by atoms with Gasteiger partial charge in [-0.2, -0.15) is 0 Å². The van der Waals surface area contributed by atoms with Gasteiger partial charge in [0.25, 0.3) is 0 Å². The number of benzene rings is 2. The molecule has 3 nitrogen and oxygen atoms in total. The van der Waals surface area contributed by atoms with Gasteiger partial charge in [0.15, 0.2) is 0 Å². The Kier molecular flexibility index (Phi) is 6.88. The zero-order valence-corrected chi connectivity index (χ0v) is 14.6.